The molecule has 0 bridgehead atoms. The first-order valence-electron chi connectivity index (χ1n) is 11.8. The van der Waals surface area contributed by atoms with E-state index in [9.17, 15) is 9.18 Å². The maximum Gasteiger partial charge on any atom is 0.273 e. The monoisotopic (exact) mass is 473 g/mol. The number of aromatic nitrogens is 3. The van der Waals surface area contributed by atoms with Crippen molar-refractivity contribution in [3.8, 4) is 11.3 Å². The molecule has 0 aliphatic rings. The minimum Gasteiger partial charge on any atom is -0.332 e. The molecule has 0 N–H and O–H groups in total. The first-order chi connectivity index (χ1) is 16.6. The number of carbonyl (C=O) groups excluding carboxylic acids is 1. The second kappa shape index (κ2) is 9.96. The summed E-state index contributed by atoms with van der Waals surface area (Å²) in [5.74, 6) is -0.559. The van der Waals surface area contributed by atoms with Crippen molar-refractivity contribution in [2.45, 2.75) is 32.7 Å². The van der Waals surface area contributed by atoms with E-state index < -0.39 is 0 Å². The molecule has 0 unspecified atom stereocenters. The Kier molecular flexibility index (Phi) is 6.98. The van der Waals surface area contributed by atoms with Gasteiger partial charge >= 0.3 is 0 Å². The van der Waals surface area contributed by atoms with E-state index in [-0.39, 0.29) is 17.1 Å². The Labute approximate surface area is 206 Å². The second-order valence-electron chi connectivity index (χ2n) is 10.1. The summed E-state index contributed by atoms with van der Waals surface area (Å²) >= 11 is 0. The Hall–Kier alpha value is -3.58. The largest absolute Gasteiger partial charge is 0.332 e. The Morgan fingerprint density at radius 1 is 0.971 bits per heavy atom. The summed E-state index contributed by atoms with van der Waals surface area (Å²) in [4.78, 5) is 22.6. The predicted molar refractivity (Wildman–Crippen MR) is 137 cm³/mol. The van der Waals surface area contributed by atoms with Crippen LogP contribution >= 0.6 is 0 Å². The molecule has 0 spiro atoms. The zero-order valence-corrected chi connectivity index (χ0v) is 21.0. The standard InChI is InChI=1S/C28H32FN5O/c1-28(2,3)25-18-26-30-23(21-13-9-10-14-22(21)29)17-24(34(26)31-25)27(35)33(16-15-32(4)5)19-20-11-7-6-8-12-20/h6-14,17-18H,15-16,19H2,1-5H3. The van der Waals surface area contributed by atoms with E-state index in [4.69, 9.17) is 5.10 Å². The average molecular weight is 474 g/mol. The molecule has 0 saturated carbocycles. The van der Waals surface area contributed by atoms with Gasteiger partial charge in [-0.3, -0.25) is 4.79 Å². The van der Waals surface area contributed by atoms with Crippen molar-refractivity contribution < 1.29 is 9.18 Å². The van der Waals surface area contributed by atoms with Crippen LogP contribution in [0.1, 0.15) is 42.5 Å². The topological polar surface area (TPSA) is 53.7 Å². The maximum absolute atomic E-state index is 14.7. The third-order valence-electron chi connectivity index (χ3n) is 5.89. The van der Waals surface area contributed by atoms with E-state index in [1.165, 1.54) is 6.07 Å². The fourth-order valence-corrected chi connectivity index (χ4v) is 3.84. The van der Waals surface area contributed by atoms with Crippen LogP contribution in [0.15, 0.2) is 66.7 Å². The molecule has 2 aromatic carbocycles. The number of halogens is 1. The van der Waals surface area contributed by atoms with Crippen molar-refractivity contribution in [3.63, 3.8) is 0 Å². The molecule has 0 radical (unpaired) electrons. The lowest BCUT2D eigenvalue weighted by molar-refractivity contribution is 0.0723. The zero-order chi connectivity index (χ0) is 25.2. The number of likely N-dealkylation sites (N-methyl/N-ethyl adjacent to an activating group) is 1. The molecule has 0 aliphatic heterocycles. The molecule has 2 aromatic heterocycles. The number of benzene rings is 2. The van der Waals surface area contributed by atoms with Crippen molar-refractivity contribution >= 4 is 11.6 Å². The van der Waals surface area contributed by atoms with Crippen LogP contribution < -0.4 is 0 Å². The highest BCUT2D eigenvalue weighted by atomic mass is 19.1. The molecule has 0 saturated heterocycles. The molecular weight excluding hydrogens is 441 g/mol. The second-order valence-corrected chi connectivity index (χ2v) is 10.1. The van der Waals surface area contributed by atoms with Gasteiger partial charge in [0.25, 0.3) is 5.91 Å². The molecule has 7 heteroatoms. The van der Waals surface area contributed by atoms with Gasteiger partial charge in [-0.15, -0.1) is 0 Å². The highest BCUT2D eigenvalue weighted by Crippen LogP contribution is 2.27. The highest BCUT2D eigenvalue weighted by molar-refractivity contribution is 5.94. The molecule has 4 rings (SSSR count). The lowest BCUT2D eigenvalue weighted by Crippen LogP contribution is -2.37. The van der Waals surface area contributed by atoms with Crippen LogP contribution in [0.4, 0.5) is 4.39 Å². The number of hydrogen-bond donors (Lipinski definition) is 0. The first kappa shape index (κ1) is 24.5. The summed E-state index contributed by atoms with van der Waals surface area (Å²) in [6.07, 6.45) is 0. The summed E-state index contributed by atoms with van der Waals surface area (Å²) in [5.41, 5.74) is 3.25. The van der Waals surface area contributed by atoms with Crippen LogP contribution in [0, 0.1) is 5.82 Å². The van der Waals surface area contributed by atoms with Crippen molar-refractivity contribution in [2.24, 2.45) is 0 Å². The Balaban J connectivity index is 1.85. The van der Waals surface area contributed by atoms with Crippen molar-refractivity contribution in [1.29, 1.82) is 0 Å². The third kappa shape index (κ3) is 5.57. The summed E-state index contributed by atoms with van der Waals surface area (Å²) < 4.78 is 16.3. The Morgan fingerprint density at radius 2 is 1.66 bits per heavy atom. The molecule has 182 valence electrons. The van der Waals surface area contributed by atoms with Crippen molar-refractivity contribution in [2.75, 3.05) is 27.2 Å². The molecule has 0 fully saturated rings. The van der Waals surface area contributed by atoms with Crippen LogP contribution in [0.3, 0.4) is 0 Å². The molecule has 0 atom stereocenters. The minimum absolute atomic E-state index is 0.177. The molecule has 4 aromatic rings. The number of amides is 1. The van der Waals surface area contributed by atoms with Gasteiger partial charge in [0.15, 0.2) is 5.65 Å². The smallest absolute Gasteiger partial charge is 0.273 e. The van der Waals surface area contributed by atoms with Gasteiger partial charge in [0.2, 0.25) is 0 Å². The molecule has 0 aliphatic carbocycles. The summed E-state index contributed by atoms with van der Waals surface area (Å²) in [7, 11) is 3.96. The minimum atomic E-state index is -0.382. The number of hydrogen-bond acceptors (Lipinski definition) is 4. The predicted octanol–water partition coefficient (Wildman–Crippen LogP) is 5.04. The van der Waals surface area contributed by atoms with E-state index >= 15 is 0 Å². The molecular formula is C28H32FN5O. The van der Waals surface area contributed by atoms with E-state index in [0.29, 0.717) is 42.2 Å². The van der Waals surface area contributed by atoms with Gasteiger partial charge in [-0.05, 0) is 37.9 Å². The zero-order valence-electron chi connectivity index (χ0n) is 21.0. The number of carbonyl (C=O) groups is 1. The lowest BCUT2D eigenvalue weighted by atomic mass is 9.93. The van der Waals surface area contributed by atoms with Crippen LogP contribution in [-0.2, 0) is 12.0 Å². The highest BCUT2D eigenvalue weighted by Gasteiger charge is 2.25. The van der Waals surface area contributed by atoms with Crippen molar-refractivity contribution in [1.82, 2.24) is 24.4 Å². The Morgan fingerprint density at radius 3 is 2.31 bits per heavy atom. The van der Waals surface area contributed by atoms with Gasteiger partial charge < -0.3 is 9.80 Å². The van der Waals surface area contributed by atoms with Crippen LogP contribution in [0.5, 0.6) is 0 Å². The summed E-state index contributed by atoms with van der Waals surface area (Å²) in [6, 6.07) is 19.9. The quantitative estimate of drug-likeness (QED) is 0.378. The fourth-order valence-electron chi connectivity index (χ4n) is 3.84. The lowest BCUT2D eigenvalue weighted by Gasteiger charge is -2.25. The van der Waals surface area contributed by atoms with Gasteiger partial charge in [0, 0.05) is 36.7 Å². The molecule has 1 amide bonds. The van der Waals surface area contributed by atoms with Gasteiger partial charge in [0.05, 0.1) is 11.4 Å². The van der Waals surface area contributed by atoms with Gasteiger partial charge in [0.1, 0.15) is 11.5 Å². The third-order valence-corrected chi connectivity index (χ3v) is 5.89. The van der Waals surface area contributed by atoms with Crippen molar-refractivity contribution in [3.05, 3.63) is 89.5 Å². The number of rotatable bonds is 7. The fraction of sp³-hybridized carbons (Fsp3) is 0.321. The van der Waals surface area contributed by atoms with E-state index in [1.807, 2.05) is 60.3 Å². The maximum atomic E-state index is 14.7. The van der Waals surface area contributed by atoms with Gasteiger partial charge in [-0.25, -0.2) is 13.9 Å². The molecule has 35 heavy (non-hydrogen) atoms. The molecule has 6 nitrogen and oxygen atoms in total. The summed E-state index contributed by atoms with van der Waals surface area (Å²) in [6.45, 7) is 7.89. The van der Waals surface area contributed by atoms with Gasteiger partial charge in [-0.2, -0.15) is 5.10 Å². The van der Waals surface area contributed by atoms with Gasteiger partial charge in [-0.1, -0.05) is 63.2 Å². The van der Waals surface area contributed by atoms with E-state index in [2.05, 4.69) is 25.8 Å². The van der Waals surface area contributed by atoms with Crippen LogP contribution in [0.2, 0.25) is 0 Å². The molecule has 2 heterocycles. The SMILES string of the molecule is CN(C)CCN(Cc1ccccc1)C(=O)c1cc(-c2ccccc2F)nc2cc(C(C)(C)C)nn12. The summed E-state index contributed by atoms with van der Waals surface area (Å²) in [5, 5.41) is 4.75. The van der Waals surface area contributed by atoms with E-state index in [1.54, 1.807) is 28.8 Å². The van der Waals surface area contributed by atoms with Crippen LogP contribution in [-0.4, -0.2) is 57.5 Å². The number of nitrogens with zero attached hydrogens (tertiary/aromatic N) is 5. The number of fused-ring (bicyclic) bond motifs is 1. The normalized spacial score (nSPS) is 11.9. The Bertz CT molecular complexity index is 1320. The average Bonchev–Trinajstić information content (AvgIpc) is 3.26. The first-order valence-corrected chi connectivity index (χ1v) is 11.8. The van der Waals surface area contributed by atoms with E-state index in [0.717, 1.165) is 11.3 Å². The van der Waals surface area contributed by atoms with Crippen LogP contribution in [0.25, 0.3) is 16.9 Å².